The molecular formula is C14H9BrClN. The van der Waals surface area contributed by atoms with Crippen molar-refractivity contribution in [2.45, 2.75) is 5.88 Å². The molecule has 0 atom stereocenters. The maximum absolute atomic E-state index is 5.97. The second-order valence-corrected chi connectivity index (χ2v) is 4.99. The van der Waals surface area contributed by atoms with Gasteiger partial charge in [-0.2, -0.15) is 0 Å². The van der Waals surface area contributed by atoms with Crippen LogP contribution in [0.1, 0.15) is 5.69 Å². The van der Waals surface area contributed by atoms with Gasteiger partial charge in [-0.1, -0.05) is 46.3 Å². The minimum Gasteiger partial charge on any atom is -0.251 e. The number of fused-ring (bicyclic) bond motifs is 3. The number of pyridine rings is 1. The van der Waals surface area contributed by atoms with Crippen LogP contribution in [0.25, 0.3) is 21.7 Å². The Morgan fingerprint density at radius 2 is 1.76 bits per heavy atom. The summed E-state index contributed by atoms with van der Waals surface area (Å²) in [6.07, 6.45) is 0. The van der Waals surface area contributed by atoms with E-state index in [-0.39, 0.29) is 0 Å². The van der Waals surface area contributed by atoms with Crippen LogP contribution in [0.2, 0.25) is 0 Å². The Balaban J connectivity index is 2.61. The summed E-state index contributed by atoms with van der Waals surface area (Å²) in [4.78, 5) is 4.62. The summed E-state index contributed by atoms with van der Waals surface area (Å²) in [5.41, 5.74) is 1.92. The predicted octanol–water partition coefficient (Wildman–Crippen LogP) is 4.89. The Labute approximate surface area is 113 Å². The third-order valence-corrected chi connectivity index (χ3v) is 3.79. The Bertz CT molecular complexity index is 709. The molecule has 0 amide bonds. The predicted molar refractivity (Wildman–Crippen MR) is 76.5 cm³/mol. The zero-order chi connectivity index (χ0) is 11.8. The van der Waals surface area contributed by atoms with E-state index in [1.807, 2.05) is 30.3 Å². The first kappa shape index (κ1) is 11.0. The first-order valence-electron chi connectivity index (χ1n) is 5.33. The molecule has 0 aliphatic rings. The molecule has 3 rings (SSSR count). The number of aromatic nitrogens is 1. The van der Waals surface area contributed by atoms with E-state index in [9.17, 15) is 0 Å². The maximum atomic E-state index is 5.97. The lowest BCUT2D eigenvalue weighted by atomic mass is 10.0. The van der Waals surface area contributed by atoms with E-state index >= 15 is 0 Å². The van der Waals surface area contributed by atoms with Gasteiger partial charge in [0, 0.05) is 15.2 Å². The lowest BCUT2D eigenvalue weighted by Crippen LogP contribution is -1.91. The summed E-state index contributed by atoms with van der Waals surface area (Å²) in [6, 6.07) is 14.3. The molecule has 84 valence electrons. The van der Waals surface area contributed by atoms with Gasteiger partial charge in [-0.05, 0) is 17.5 Å². The number of nitrogens with zero attached hydrogens (tertiary/aromatic N) is 1. The number of hydrogen-bond acceptors (Lipinski definition) is 1. The lowest BCUT2D eigenvalue weighted by Gasteiger charge is -2.08. The normalized spacial score (nSPS) is 11.2. The van der Waals surface area contributed by atoms with E-state index in [4.69, 9.17) is 11.6 Å². The van der Waals surface area contributed by atoms with E-state index in [1.54, 1.807) is 0 Å². The summed E-state index contributed by atoms with van der Waals surface area (Å²) < 4.78 is 1.07. The van der Waals surface area contributed by atoms with Crippen molar-refractivity contribution >= 4 is 49.2 Å². The quantitative estimate of drug-likeness (QED) is 0.461. The molecule has 0 bridgehead atoms. The SMILES string of the molecule is ClCc1nc2cccc(Br)c2c2ccccc12. The second-order valence-electron chi connectivity index (χ2n) is 3.87. The topological polar surface area (TPSA) is 12.9 Å². The van der Waals surface area contributed by atoms with Crippen molar-refractivity contribution in [3.8, 4) is 0 Å². The Hall–Kier alpha value is -1.12. The van der Waals surface area contributed by atoms with Crippen LogP contribution in [0.15, 0.2) is 46.9 Å². The number of hydrogen-bond donors (Lipinski definition) is 0. The van der Waals surface area contributed by atoms with Crippen LogP contribution >= 0.6 is 27.5 Å². The molecule has 2 aromatic carbocycles. The Kier molecular flexibility index (Phi) is 2.77. The van der Waals surface area contributed by atoms with Gasteiger partial charge in [-0.3, -0.25) is 4.98 Å². The zero-order valence-corrected chi connectivity index (χ0v) is 11.3. The van der Waals surface area contributed by atoms with Crippen LogP contribution in [-0.4, -0.2) is 4.98 Å². The average molecular weight is 307 g/mol. The Morgan fingerprint density at radius 1 is 1.00 bits per heavy atom. The van der Waals surface area contributed by atoms with Crippen molar-refractivity contribution in [3.05, 3.63) is 52.6 Å². The van der Waals surface area contributed by atoms with Gasteiger partial charge in [0.15, 0.2) is 0 Å². The average Bonchev–Trinajstić information content (AvgIpc) is 2.37. The fourth-order valence-corrected chi connectivity index (χ4v) is 2.91. The molecule has 0 aliphatic carbocycles. The standard InChI is InChI=1S/C14H9BrClN/c15-11-6-3-7-12-14(11)10-5-2-1-4-9(10)13(8-16)17-12/h1-7H,8H2. The van der Waals surface area contributed by atoms with Gasteiger partial charge in [-0.25, -0.2) is 0 Å². The largest absolute Gasteiger partial charge is 0.251 e. The van der Waals surface area contributed by atoms with Crippen LogP contribution in [0, 0.1) is 0 Å². The molecule has 0 N–H and O–H groups in total. The van der Waals surface area contributed by atoms with Gasteiger partial charge in [0.25, 0.3) is 0 Å². The van der Waals surface area contributed by atoms with Crippen molar-refractivity contribution in [1.82, 2.24) is 4.98 Å². The van der Waals surface area contributed by atoms with Crippen molar-refractivity contribution in [1.29, 1.82) is 0 Å². The second kappa shape index (κ2) is 4.28. The van der Waals surface area contributed by atoms with Crippen LogP contribution in [0.5, 0.6) is 0 Å². The molecule has 1 heterocycles. The number of benzene rings is 2. The molecule has 0 radical (unpaired) electrons. The summed E-state index contributed by atoms with van der Waals surface area (Å²) >= 11 is 9.56. The molecule has 0 unspecified atom stereocenters. The Morgan fingerprint density at radius 3 is 2.53 bits per heavy atom. The van der Waals surface area contributed by atoms with E-state index in [0.29, 0.717) is 5.88 Å². The van der Waals surface area contributed by atoms with Gasteiger partial charge in [-0.15, -0.1) is 11.6 Å². The van der Waals surface area contributed by atoms with E-state index in [1.165, 1.54) is 5.39 Å². The summed E-state index contributed by atoms with van der Waals surface area (Å²) in [5.74, 6) is 0.433. The third kappa shape index (κ3) is 1.72. The molecule has 1 nitrogen and oxygen atoms in total. The minimum atomic E-state index is 0.433. The minimum absolute atomic E-state index is 0.433. The van der Waals surface area contributed by atoms with Gasteiger partial charge in [0.2, 0.25) is 0 Å². The van der Waals surface area contributed by atoms with Gasteiger partial charge in [0.1, 0.15) is 0 Å². The number of alkyl halides is 1. The monoisotopic (exact) mass is 305 g/mol. The molecule has 0 fully saturated rings. The molecule has 0 saturated carbocycles. The van der Waals surface area contributed by atoms with Crippen molar-refractivity contribution in [2.24, 2.45) is 0 Å². The van der Waals surface area contributed by atoms with Gasteiger partial charge >= 0.3 is 0 Å². The smallest absolute Gasteiger partial charge is 0.0723 e. The highest BCUT2D eigenvalue weighted by atomic mass is 79.9. The maximum Gasteiger partial charge on any atom is 0.0723 e. The molecule has 3 heteroatoms. The van der Waals surface area contributed by atoms with Crippen LogP contribution in [0.3, 0.4) is 0 Å². The summed E-state index contributed by atoms with van der Waals surface area (Å²) in [7, 11) is 0. The van der Waals surface area contributed by atoms with Crippen LogP contribution < -0.4 is 0 Å². The first-order valence-corrected chi connectivity index (χ1v) is 6.66. The summed E-state index contributed by atoms with van der Waals surface area (Å²) in [5, 5.41) is 3.47. The molecule has 1 aromatic heterocycles. The number of rotatable bonds is 1. The highest BCUT2D eigenvalue weighted by molar-refractivity contribution is 9.10. The fourth-order valence-electron chi connectivity index (χ4n) is 2.13. The highest BCUT2D eigenvalue weighted by Gasteiger charge is 2.08. The van der Waals surface area contributed by atoms with Crippen molar-refractivity contribution < 1.29 is 0 Å². The molecule has 17 heavy (non-hydrogen) atoms. The highest BCUT2D eigenvalue weighted by Crippen LogP contribution is 2.32. The molecule has 0 spiro atoms. The molecule has 3 aromatic rings. The molecule has 0 saturated heterocycles. The van der Waals surface area contributed by atoms with E-state index in [2.05, 4.69) is 33.0 Å². The zero-order valence-electron chi connectivity index (χ0n) is 8.95. The third-order valence-electron chi connectivity index (χ3n) is 2.88. The van der Waals surface area contributed by atoms with E-state index < -0.39 is 0 Å². The first-order chi connectivity index (χ1) is 8.31. The van der Waals surface area contributed by atoms with Gasteiger partial charge in [0.05, 0.1) is 17.1 Å². The number of halogens is 2. The van der Waals surface area contributed by atoms with Crippen molar-refractivity contribution in [2.75, 3.05) is 0 Å². The van der Waals surface area contributed by atoms with Crippen LogP contribution in [0.4, 0.5) is 0 Å². The summed E-state index contributed by atoms with van der Waals surface area (Å²) in [6.45, 7) is 0. The fraction of sp³-hybridized carbons (Fsp3) is 0.0714. The van der Waals surface area contributed by atoms with Crippen LogP contribution in [-0.2, 0) is 5.88 Å². The molecule has 0 aliphatic heterocycles. The lowest BCUT2D eigenvalue weighted by molar-refractivity contribution is 1.25. The van der Waals surface area contributed by atoms with Crippen molar-refractivity contribution in [3.63, 3.8) is 0 Å². The van der Waals surface area contributed by atoms with E-state index in [0.717, 1.165) is 26.5 Å². The van der Waals surface area contributed by atoms with Gasteiger partial charge < -0.3 is 0 Å². The molecular weight excluding hydrogens is 298 g/mol.